The molecular weight excluding hydrogens is 501 g/mol. The number of halogens is 3. The number of aliphatic imine (C=N–C) groups is 1. The fourth-order valence-electron chi connectivity index (χ4n) is 3.85. The first kappa shape index (κ1) is 27.7. The highest BCUT2D eigenvalue weighted by Gasteiger charge is 2.32. The maximum Gasteiger partial charge on any atom is 0.416 e. The van der Waals surface area contributed by atoms with Crippen LogP contribution in [-0.4, -0.2) is 20.8 Å². The summed E-state index contributed by atoms with van der Waals surface area (Å²) < 4.78 is 42.1. The molecule has 3 aromatic rings. The molecule has 1 aromatic heterocycles. The molecule has 0 fully saturated rings. The molecule has 0 aliphatic rings. The van der Waals surface area contributed by atoms with Crippen LogP contribution in [0.3, 0.4) is 0 Å². The van der Waals surface area contributed by atoms with Crippen molar-refractivity contribution in [2.24, 2.45) is 16.5 Å². The molecule has 0 aliphatic carbocycles. The largest absolute Gasteiger partial charge is 0.416 e. The van der Waals surface area contributed by atoms with Gasteiger partial charge >= 0.3 is 11.9 Å². The van der Waals surface area contributed by atoms with Crippen LogP contribution in [0.4, 0.5) is 18.9 Å². The Hall–Kier alpha value is -4.92. The Morgan fingerprint density at radius 1 is 1.13 bits per heavy atom. The van der Waals surface area contributed by atoms with E-state index in [0.29, 0.717) is 5.56 Å². The van der Waals surface area contributed by atoms with E-state index < -0.39 is 34.9 Å². The summed E-state index contributed by atoms with van der Waals surface area (Å²) in [4.78, 5) is 43.8. The second-order valence-corrected chi connectivity index (χ2v) is 8.46. The molecule has 12 heteroatoms. The van der Waals surface area contributed by atoms with Crippen molar-refractivity contribution < 1.29 is 18.0 Å². The Morgan fingerprint density at radius 3 is 2.26 bits per heavy atom. The number of aromatic nitrogens is 2. The standard InChI is InChI=1S/C26H23F3N6O3/c1-14(2)34-24(37)21(15(3)35(25(34)38)19-6-4-5-17(11-19)26(27,28)29)22(20(13-31)23(32)36)33-18-9-7-16(12-30)8-10-18/h4-11,13-14H,31H2,1-3H3,(H2,32,36). The summed E-state index contributed by atoms with van der Waals surface area (Å²) in [5, 5.41) is 9.06. The summed E-state index contributed by atoms with van der Waals surface area (Å²) in [6.45, 7) is 4.43. The lowest BCUT2D eigenvalue weighted by molar-refractivity contribution is -0.137. The van der Waals surface area contributed by atoms with E-state index in [4.69, 9.17) is 16.7 Å². The number of hydrogen-bond acceptors (Lipinski definition) is 6. The number of primary amides is 1. The van der Waals surface area contributed by atoms with Gasteiger partial charge < -0.3 is 11.5 Å². The van der Waals surface area contributed by atoms with E-state index in [1.165, 1.54) is 37.3 Å². The van der Waals surface area contributed by atoms with Gasteiger partial charge in [-0.2, -0.15) is 18.4 Å². The second kappa shape index (κ2) is 10.6. The molecule has 196 valence electrons. The van der Waals surface area contributed by atoms with Crippen molar-refractivity contribution in [1.29, 1.82) is 5.26 Å². The van der Waals surface area contributed by atoms with E-state index in [0.717, 1.165) is 33.5 Å². The topological polar surface area (TPSA) is 149 Å². The molecule has 38 heavy (non-hydrogen) atoms. The zero-order valence-electron chi connectivity index (χ0n) is 20.6. The number of nitrogens with two attached hydrogens (primary N) is 2. The van der Waals surface area contributed by atoms with Crippen LogP contribution >= 0.6 is 0 Å². The van der Waals surface area contributed by atoms with Gasteiger partial charge in [0.05, 0.1) is 45.4 Å². The van der Waals surface area contributed by atoms with E-state index in [2.05, 4.69) is 4.99 Å². The van der Waals surface area contributed by atoms with Crippen LogP contribution in [0, 0.1) is 18.3 Å². The van der Waals surface area contributed by atoms with Crippen molar-refractivity contribution in [2.45, 2.75) is 33.0 Å². The lowest BCUT2D eigenvalue weighted by atomic mass is 10.0. The molecule has 0 saturated heterocycles. The third-order valence-electron chi connectivity index (χ3n) is 5.64. The minimum Gasteiger partial charge on any atom is -0.404 e. The molecular formula is C26H23F3N6O3. The average molecular weight is 525 g/mol. The van der Waals surface area contributed by atoms with Crippen LogP contribution in [0.25, 0.3) is 5.69 Å². The van der Waals surface area contributed by atoms with Gasteiger partial charge in [-0.3, -0.25) is 18.7 Å². The Morgan fingerprint density at radius 2 is 1.76 bits per heavy atom. The van der Waals surface area contributed by atoms with Crippen LogP contribution in [0.2, 0.25) is 0 Å². The minimum absolute atomic E-state index is 0.0933. The molecule has 1 amide bonds. The van der Waals surface area contributed by atoms with Crippen LogP contribution in [0.1, 0.15) is 42.3 Å². The average Bonchev–Trinajstić information content (AvgIpc) is 2.84. The van der Waals surface area contributed by atoms with Gasteiger partial charge in [-0.25, -0.2) is 9.79 Å². The van der Waals surface area contributed by atoms with Gasteiger partial charge in [0.2, 0.25) is 0 Å². The number of benzene rings is 2. The number of rotatable bonds is 6. The fourth-order valence-corrected chi connectivity index (χ4v) is 3.85. The molecule has 1 heterocycles. The van der Waals surface area contributed by atoms with Crippen molar-refractivity contribution in [3.05, 3.63) is 104 Å². The predicted molar refractivity (Wildman–Crippen MR) is 135 cm³/mol. The number of alkyl halides is 3. The SMILES string of the molecule is Cc1c(C(=Nc2ccc(C#N)cc2)C(=CN)C(N)=O)c(=O)n(C(C)C)c(=O)n1-c1cccc(C(F)(F)F)c1. The second-order valence-electron chi connectivity index (χ2n) is 8.46. The Kier molecular flexibility index (Phi) is 7.71. The van der Waals surface area contributed by atoms with Gasteiger partial charge in [0.1, 0.15) is 0 Å². The summed E-state index contributed by atoms with van der Waals surface area (Å²) in [7, 11) is 0. The number of carbonyl (C=O) groups is 1. The number of hydrogen-bond donors (Lipinski definition) is 2. The number of nitriles is 1. The van der Waals surface area contributed by atoms with E-state index in [-0.39, 0.29) is 33.9 Å². The van der Waals surface area contributed by atoms with E-state index in [1.807, 2.05) is 6.07 Å². The minimum atomic E-state index is -4.69. The van der Waals surface area contributed by atoms with Crippen molar-refractivity contribution >= 4 is 17.3 Å². The third-order valence-corrected chi connectivity index (χ3v) is 5.64. The molecule has 2 aromatic carbocycles. The van der Waals surface area contributed by atoms with Gasteiger partial charge in [0, 0.05) is 17.9 Å². The number of carbonyl (C=O) groups excluding carboxylic acids is 1. The van der Waals surface area contributed by atoms with Crippen molar-refractivity contribution in [3.63, 3.8) is 0 Å². The van der Waals surface area contributed by atoms with Gasteiger partial charge in [-0.15, -0.1) is 0 Å². The molecule has 0 radical (unpaired) electrons. The van der Waals surface area contributed by atoms with E-state index in [9.17, 15) is 27.6 Å². The molecule has 0 spiro atoms. The molecule has 0 bridgehead atoms. The van der Waals surface area contributed by atoms with E-state index in [1.54, 1.807) is 13.8 Å². The normalized spacial score (nSPS) is 12.5. The van der Waals surface area contributed by atoms with Crippen LogP contribution < -0.4 is 22.7 Å². The maximum absolute atomic E-state index is 13.7. The van der Waals surface area contributed by atoms with Gasteiger partial charge in [-0.1, -0.05) is 6.07 Å². The van der Waals surface area contributed by atoms with Gasteiger partial charge in [-0.05, 0) is 63.2 Å². The summed E-state index contributed by atoms with van der Waals surface area (Å²) in [6.07, 6.45) is -3.84. The summed E-state index contributed by atoms with van der Waals surface area (Å²) in [5.74, 6) is -1.04. The maximum atomic E-state index is 13.7. The lowest BCUT2D eigenvalue weighted by Gasteiger charge is -2.21. The third kappa shape index (κ3) is 5.27. The molecule has 0 unspecified atom stereocenters. The van der Waals surface area contributed by atoms with E-state index >= 15 is 0 Å². The highest BCUT2D eigenvalue weighted by atomic mass is 19.4. The Bertz CT molecular complexity index is 1620. The molecule has 4 N–H and O–H groups in total. The zero-order chi connectivity index (χ0) is 28.4. The molecule has 9 nitrogen and oxygen atoms in total. The van der Waals surface area contributed by atoms with Crippen molar-refractivity contribution in [3.8, 4) is 11.8 Å². The lowest BCUT2D eigenvalue weighted by Crippen LogP contribution is -2.45. The Labute approximate surface area is 214 Å². The summed E-state index contributed by atoms with van der Waals surface area (Å²) >= 11 is 0. The molecule has 0 atom stereocenters. The molecule has 0 saturated carbocycles. The zero-order valence-corrected chi connectivity index (χ0v) is 20.6. The van der Waals surface area contributed by atoms with Crippen LogP contribution in [0.15, 0.2) is 74.9 Å². The highest BCUT2D eigenvalue weighted by molar-refractivity contribution is 6.28. The monoisotopic (exact) mass is 524 g/mol. The van der Waals surface area contributed by atoms with Crippen molar-refractivity contribution in [2.75, 3.05) is 0 Å². The smallest absolute Gasteiger partial charge is 0.404 e. The van der Waals surface area contributed by atoms with Crippen LogP contribution in [0.5, 0.6) is 0 Å². The first-order valence-electron chi connectivity index (χ1n) is 11.2. The first-order chi connectivity index (χ1) is 17.8. The molecule has 0 aliphatic heterocycles. The Balaban J connectivity index is 2.50. The van der Waals surface area contributed by atoms with Crippen LogP contribution in [-0.2, 0) is 11.0 Å². The summed E-state index contributed by atoms with van der Waals surface area (Å²) in [6, 6.07) is 11.1. The molecule has 3 rings (SSSR count). The quantitative estimate of drug-likeness (QED) is 0.375. The summed E-state index contributed by atoms with van der Waals surface area (Å²) in [5.41, 5.74) is 7.81. The van der Waals surface area contributed by atoms with Gasteiger partial charge in [0.15, 0.2) is 0 Å². The van der Waals surface area contributed by atoms with Crippen molar-refractivity contribution in [1.82, 2.24) is 9.13 Å². The number of amides is 1. The fraction of sp³-hybridized carbons (Fsp3) is 0.192. The first-order valence-corrected chi connectivity index (χ1v) is 11.2. The number of nitrogens with zero attached hydrogens (tertiary/aromatic N) is 4. The van der Waals surface area contributed by atoms with Gasteiger partial charge in [0.25, 0.3) is 11.5 Å². The predicted octanol–water partition coefficient (Wildman–Crippen LogP) is 3.23. The highest BCUT2D eigenvalue weighted by Crippen LogP contribution is 2.30.